The van der Waals surface area contributed by atoms with Gasteiger partial charge in [0.2, 0.25) is 5.65 Å². The molecular formula is C19H22FN5O2. The lowest BCUT2D eigenvalue weighted by Crippen LogP contribution is -2.43. The fourth-order valence-corrected chi connectivity index (χ4v) is 3.58. The van der Waals surface area contributed by atoms with Gasteiger partial charge in [-0.15, -0.1) is 10.2 Å². The van der Waals surface area contributed by atoms with Crippen LogP contribution in [0.1, 0.15) is 36.8 Å². The van der Waals surface area contributed by atoms with Crippen LogP contribution in [0.5, 0.6) is 0 Å². The van der Waals surface area contributed by atoms with Crippen LogP contribution in [-0.2, 0) is 23.2 Å². The molecule has 2 aromatic heterocycles. The average Bonchev–Trinajstić information content (AvgIpc) is 3.25. The van der Waals surface area contributed by atoms with Gasteiger partial charge in [-0.3, -0.25) is 9.20 Å². The molecule has 0 bridgehead atoms. The van der Waals surface area contributed by atoms with Crippen molar-refractivity contribution in [3.05, 3.63) is 63.7 Å². The molecule has 1 atom stereocenters. The molecule has 1 fully saturated rings. The van der Waals surface area contributed by atoms with Crippen LogP contribution >= 0.6 is 0 Å². The van der Waals surface area contributed by atoms with E-state index >= 15 is 0 Å². The Morgan fingerprint density at radius 2 is 2.22 bits per heavy atom. The van der Waals surface area contributed by atoms with E-state index in [2.05, 4.69) is 10.2 Å². The van der Waals surface area contributed by atoms with E-state index in [0.717, 1.165) is 12.2 Å². The Balaban J connectivity index is 1.92. The minimum Gasteiger partial charge on any atom is -0.379 e. The van der Waals surface area contributed by atoms with Crippen LogP contribution in [0.25, 0.3) is 5.65 Å². The molecule has 1 aromatic carbocycles. The molecule has 0 radical (unpaired) electrons. The van der Waals surface area contributed by atoms with Gasteiger partial charge in [-0.2, -0.15) is 0 Å². The molecule has 4 rings (SSSR count). The molecule has 2 N–H and O–H groups in total. The van der Waals surface area contributed by atoms with Gasteiger partial charge in [-0.05, 0) is 30.5 Å². The molecule has 0 unspecified atom stereocenters. The van der Waals surface area contributed by atoms with Crippen molar-refractivity contribution in [1.29, 1.82) is 0 Å². The van der Waals surface area contributed by atoms with Crippen molar-refractivity contribution in [3.63, 3.8) is 0 Å². The Labute approximate surface area is 155 Å². The summed E-state index contributed by atoms with van der Waals surface area (Å²) in [5, 5.41) is 8.25. The third kappa shape index (κ3) is 3.15. The summed E-state index contributed by atoms with van der Waals surface area (Å²) >= 11 is 0. The van der Waals surface area contributed by atoms with Gasteiger partial charge in [0.05, 0.1) is 24.4 Å². The predicted molar refractivity (Wildman–Crippen MR) is 98.0 cm³/mol. The molecule has 3 heterocycles. The summed E-state index contributed by atoms with van der Waals surface area (Å²) in [6, 6.07) is 6.20. The van der Waals surface area contributed by atoms with Crippen molar-refractivity contribution in [2.24, 2.45) is 5.73 Å². The molecule has 0 aliphatic carbocycles. The number of fused-ring (bicyclic) bond motifs is 1. The Morgan fingerprint density at radius 3 is 2.93 bits per heavy atom. The van der Waals surface area contributed by atoms with E-state index in [1.165, 1.54) is 12.1 Å². The number of nitrogens with zero attached hydrogens (tertiary/aromatic N) is 4. The molecule has 0 spiro atoms. The summed E-state index contributed by atoms with van der Waals surface area (Å²) < 4.78 is 22.4. The maximum absolute atomic E-state index is 13.6. The first-order chi connectivity index (χ1) is 13.0. The van der Waals surface area contributed by atoms with Crippen LogP contribution in [-0.4, -0.2) is 32.4 Å². The van der Waals surface area contributed by atoms with Gasteiger partial charge in [0.25, 0.3) is 5.56 Å². The van der Waals surface area contributed by atoms with Crippen molar-refractivity contribution in [1.82, 2.24) is 19.2 Å². The van der Waals surface area contributed by atoms with Gasteiger partial charge in [-0.1, -0.05) is 19.1 Å². The molecule has 1 aliphatic heterocycles. The van der Waals surface area contributed by atoms with E-state index in [1.54, 1.807) is 21.1 Å². The van der Waals surface area contributed by atoms with Crippen LogP contribution in [0, 0.1) is 5.82 Å². The normalized spacial score (nSPS) is 19.8. The van der Waals surface area contributed by atoms with Crippen molar-refractivity contribution in [2.45, 2.75) is 38.3 Å². The Morgan fingerprint density at radius 1 is 1.37 bits per heavy atom. The lowest BCUT2D eigenvalue weighted by atomic mass is 9.95. The summed E-state index contributed by atoms with van der Waals surface area (Å²) in [6.45, 7) is 3.11. The third-order valence-electron chi connectivity index (χ3n) is 5.01. The first kappa shape index (κ1) is 17.8. The minimum absolute atomic E-state index is 0.206. The lowest BCUT2D eigenvalue weighted by molar-refractivity contribution is 0.176. The number of aryl methyl sites for hydroxylation is 1. The number of nitrogens with two attached hydrogens (primary N) is 1. The van der Waals surface area contributed by atoms with Crippen LogP contribution in [0.3, 0.4) is 0 Å². The maximum Gasteiger partial charge on any atom is 0.296 e. The average molecular weight is 371 g/mol. The molecule has 1 saturated heterocycles. The topological polar surface area (TPSA) is 87.4 Å². The lowest BCUT2D eigenvalue weighted by Gasteiger charge is -2.26. The highest BCUT2D eigenvalue weighted by atomic mass is 19.1. The van der Waals surface area contributed by atoms with E-state index in [9.17, 15) is 9.18 Å². The molecular weight excluding hydrogens is 349 g/mol. The first-order valence-corrected chi connectivity index (χ1v) is 9.11. The van der Waals surface area contributed by atoms with E-state index in [1.807, 2.05) is 13.1 Å². The summed E-state index contributed by atoms with van der Waals surface area (Å²) in [5.74, 6) is 0.383. The number of aromatic nitrogens is 4. The second kappa shape index (κ2) is 6.86. The Kier molecular flexibility index (Phi) is 4.53. The second-order valence-electron chi connectivity index (χ2n) is 7.05. The van der Waals surface area contributed by atoms with Crippen LogP contribution in [0.15, 0.2) is 35.3 Å². The van der Waals surface area contributed by atoms with E-state index in [0.29, 0.717) is 37.3 Å². The number of hydrogen-bond acceptors (Lipinski definition) is 5. The highest BCUT2D eigenvalue weighted by molar-refractivity contribution is 5.38. The van der Waals surface area contributed by atoms with E-state index < -0.39 is 5.54 Å². The zero-order valence-corrected chi connectivity index (χ0v) is 15.2. The molecule has 1 aliphatic rings. The summed E-state index contributed by atoms with van der Waals surface area (Å²) in [5.41, 5.74) is 7.11. The largest absolute Gasteiger partial charge is 0.379 e. The standard InChI is InChI=1S/C19H22FN5O2/c1-2-4-16-22-23-17-18(26)24(10-13-5-3-6-14(20)9-13)15(11-25(16)17)19(21)7-8-27-12-19/h3,5-6,9,11H,2,4,7-8,10,12,21H2,1H3/t19-/m0/s1. The minimum atomic E-state index is -0.783. The van der Waals surface area contributed by atoms with Crippen LogP contribution < -0.4 is 11.3 Å². The molecule has 0 saturated carbocycles. The highest BCUT2D eigenvalue weighted by Gasteiger charge is 2.36. The zero-order chi connectivity index (χ0) is 19.0. The summed E-state index contributed by atoms with van der Waals surface area (Å²) in [7, 11) is 0. The molecule has 0 amide bonds. The fourth-order valence-electron chi connectivity index (χ4n) is 3.58. The number of halogens is 1. The second-order valence-corrected chi connectivity index (χ2v) is 7.05. The van der Waals surface area contributed by atoms with Crippen LogP contribution in [0.4, 0.5) is 4.39 Å². The molecule has 8 heteroatoms. The molecule has 27 heavy (non-hydrogen) atoms. The Bertz CT molecular complexity index is 1040. The quantitative estimate of drug-likeness (QED) is 0.736. The van der Waals surface area contributed by atoms with Gasteiger partial charge in [0, 0.05) is 19.2 Å². The van der Waals surface area contributed by atoms with Gasteiger partial charge in [0.1, 0.15) is 11.6 Å². The first-order valence-electron chi connectivity index (χ1n) is 9.11. The zero-order valence-electron chi connectivity index (χ0n) is 15.2. The van der Waals surface area contributed by atoms with E-state index in [4.69, 9.17) is 10.5 Å². The number of rotatable bonds is 5. The molecule has 7 nitrogen and oxygen atoms in total. The third-order valence-corrected chi connectivity index (χ3v) is 5.01. The predicted octanol–water partition coefficient (Wildman–Crippen LogP) is 1.61. The van der Waals surface area contributed by atoms with Gasteiger partial charge >= 0.3 is 0 Å². The van der Waals surface area contributed by atoms with E-state index in [-0.39, 0.29) is 23.6 Å². The molecule has 142 valence electrons. The van der Waals surface area contributed by atoms with Crippen molar-refractivity contribution < 1.29 is 9.13 Å². The van der Waals surface area contributed by atoms with Crippen LogP contribution in [0.2, 0.25) is 0 Å². The number of ether oxygens (including phenoxy) is 1. The van der Waals surface area contributed by atoms with Crippen molar-refractivity contribution in [2.75, 3.05) is 13.2 Å². The molecule has 3 aromatic rings. The number of hydrogen-bond donors (Lipinski definition) is 1. The van der Waals surface area contributed by atoms with Gasteiger partial charge in [-0.25, -0.2) is 4.39 Å². The highest BCUT2D eigenvalue weighted by Crippen LogP contribution is 2.28. The summed E-state index contributed by atoms with van der Waals surface area (Å²) in [4.78, 5) is 13.2. The monoisotopic (exact) mass is 371 g/mol. The van der Waals surface area contributed by atoms with Gasteiger partial charge in [0.15, 0.2) is 0 Å². The smallest absolute Gasteiger partial charge is 0.296 e. The van der Waals surface area contributed by atoms with Gasteiger partial charge < -0.3 is 15.0 Å². The Hall–Kier alpha value is -2.58. The van der Waals surface area contributed by atoms with Crippen molar-refractivity contribution in [3.8, 4) is 0 Å². The van der Waals surface area contributed by atoms with Crippen molar-refractivity contribution >= 4 is 5.65 Å². The fraction of sp³-hybridized carbons (Fsp3) is 0.421. The SMILES string of the molecule is CCCc1nnc2c(=O)n(Cc3cccc(F)c3)c([C@]3(N)CCOC3)cn12. The summed E-state index contributed by atoms with van der Waals surface area (Å²) in [6.07, 6.45) is 4.05. The maximum atomic E-state index is 13.6. The number of benzene rings is 1.